The number of hydrogen-bond donors (Lipinski definition) is 0. The Morgan fingerprint density at radius 2 is 0.868 bits per heavy atom. The second-order valence-corrected chi connectivity index (χ2v) is 43.1. The van der Waals surface area contributed by atoms with Crippen molar-refractivity contribution in [2.75, 3.05) is 0 Å². The summed E-state index contributed by atoms with van der Waals surface area (Å²) in [6, 6.07) is 65.6. The van der Waals surface area contributed by atoms with Gasteiger partial charge in [-0.05, 0) is 0 Å². The first-order valence-corrected chi connectivity index (χ1v) is 36.5. The predicted molar refractivity (Wildman–Crippen MR) is 295 cm³/mol. The zero-order valence-corrected chi connectivity index (χ0v) is 45.5. The minimum absolute atomic E-state index is 0.170. The molecule has 0 fully saturated rings. The molecule has 8 aromatic carbocycles. The van der Waals surface area contributed by atoms with Gasteiger partial charge in [0.1, 0.15) is 0 Å². The summed E-state index contributed by atoms with van der Waals surface area (Å²) in [5, 5.41) is 2.94. The van der Waals surface area contributed by atoms with E-state index in [1.165, 1.54) is 114 Å². The Morgan fingerprint density at radius 3 is 1.34 bits per heavy atom. The van der Waals surface area contributed by atoms with Gasteiger partial charge in [-0.3, -0.25) is 0 Å². The second kappa shape index (κ2) is 17.7. The maximum atomic E-state index is 9.66. The number of halogens is 2. The number of rotatable bonds is 11. The summed E-state index contributed by atoms with van der Waals surface area (Å²) < 4.78 is 0.941. The van der Waals surface area contributed by atoms with E-state index in [4.69, 9.17) is 0 Å². The molecule has 0 saturated heterocycles. The summed E-state index contributed by atoms with van der Waals surface area (Å²) in [5.74, 6) is 0.785. The normalized spacial score (nSPS) is 16.8. The summed E-state index contributed by atoms with van der Waals surface area (Å²) in [4.78, 5) is 0. The van der Waals surface area contributed by atoms with E-state index in [-0.39, 0.29) is 7.25 Å². The van der Waals surface area contributed by atoms with Crippen LogP contribution in [0.25, 0.3) is 67.8 Å². The van der Waals surface area contributed by atoms with Crippen molar-refractivity contribution in [2.24, 2.45) is 11.8 Å². The van der Waals surface area contributed by atoms with Crippen molar-refractivity contribution in [1.82, 2.24) is 0 Å². The van der Waals surface area contributed by atoms with Crippen LogP contribution in [-0.2, 0) is 16.4 Å². The number of aryl methyl sites for hydroxylation is 2. The molecule has 0 radical (unpaired) electrons. The van der Waals surface area contributed by atoms with E-state index < -0.39 is 25.9 Å². The Hall–Kier alpha value is -5.08. The van der Waals surface area contributed by atoms with Crippen molar-refractivity contribution in [1.29, 1.82) is 0 Å². The zero-order chi connectivity index (χ0) is 46.9. The molecule has 2 aliphatic carbocycles. The molecule has 1 aliphatic heterocycles. The molecule has 3 aliphatic rings. The van der Waals surface area contributed by atoms with E-state index in [9.17, 15) is 17.0 Å². The fourth-order valence-electron chi connectivity index (χ4n) is 12.7. The van der Waals surface area contributed by atoms with Crippen LogP contribution < -0.4 is 13.6 Å². The van der Waals surface area contributed by atoms with Crippen molar-refractivity contribution in [3.05, 3.63) is 220 Å². The van der Waals surface area contributed by atoms with Gasteiger partial charge in [0.05, 0.1) is 0 Å². The van der Waals surface area contributed by atoms with Crippen LogP contribution in [0.15, 0.2) is 187 Å². The van der Waals surface area contributed by atoms with Crippen molar-refractivity contribution >= 4 is 52.3 Å². The topological polar surface area (TPSA) is 0 Å². The fraction of sp³-hybridized carbons (Fsp3) is 0.188. The number of benzene rings is 8. The van der Waals surface area contributed by atoms with Gasteiger partial charge in [0.25, 0.3) is 0 Å². The zero-order valence-electron chi connectivity index (χ0n) is 40.1. The van der Waals surface area contributed by atoms with Gasteiger partial charge in [-0.2, -0.15) is 0 Å². The average Bonchev–Trinajstić information content (AvgIpc) is 4.03. The van der Waals surface area contributed by atoms with E-state index in [1.807, 2.05) is 0 Å². The SMILES string of the molecule is Cc1ccccc1-c1c(-c2ccccc2)ccc2c1C=C(CC(C)C)[CH]2[Zr]([Cl])([Cl])([c]1cccc2c1[SiH2]c1ccccc1-2)[CH]1C(CC(C)C)=Cc2c1ccc(-c1ccccc1)c2-c1ccccc1C. The first-order valence-electron chi connectivity index (χ1n) is 24.7. The molecule has 0 amide bonds. The number of allylic oxidation sites excluding steroid dienone is 2. The van der Waals surface area contributed by atoms with Crippen LogP contribution in [0, 0.1) is 25.7 Å². The van der Waals surface area contributed by atoms with Crippen molar-refractivity contribution < 1.29 is 16.4 Å². The van der Waals surface area contributed by atoms with E-state index >= 15 is 0 Å². The summed E-state index contributed by atoms with van der Waals surface area (Å²) in [6.07, 6.45) is 6.96. The van der Waals surface area contributed by atoms with E-state index in [0.29, 0.717) is 11.8 Å². The van der Waals surface area contributed by atoms with E-state index in [0.717, 1.165) is 12.8 Å². The minimum atomic E-state index is -5.88. The summed E-state index contributed by atoms with van der Waals surface area (Å²) >= 11 is -5.88. The molecule has 2 unspecified atom stereocenters. The molecular formula is C64H59Cl2SiZr. The van der Waals surface area contributed by atoms with Gasteiger partial charge in [0.15, 0.2) is 0 Å². The van der Waals surface area contributed by atoms with Gasteiger partial charge in [0.2, 0.25) is 0 Å². The van der Waals surface area contributed by atoms with Gasteiger partial charge in [0, 0.05) is 0 Å². The maximum absolute atomic E-state index is 9.66. The molecule has 0 aromatic heterocycles. The summed E-state index contributed by atoms with van der Waals surface area (Å²) in [6.45, 7) is 14.0. The van der Waals surface area contributed by atoms with Gasteiger partial charge >= 0.3 is 418 Å². The molecule has 0 N–H and O–H groups in total. The van der Waals surface area contributed by atoms with Crippen LogP contribution in [-0.4, -0.2) is 9.52 Å². The Kier molecular flexibility index (Phi) is 11.8. The first-order chi connectivity index (χ1) is 32.9. The Morgan fingerprint density at radius 1 is 0.441 bits per heavy atom. The van der Waals surface area contributed by atoms with Crippen molar-refractivity contribution in [3.63, 3.8) is 0 Å². The van der Waals surface area contributed by atoms with Gasteiger partial charge < -0.3 is 0 Å². The molecule has 8 aromatic rings. The number of fused-ring (bicyclic) bond motifs is 5. The third-order valence-corrected chi connectivity index (χ3v) is 38.1. The molecular weight excluding hydrogens is 959 g/mol. The molecule has 0 spiro atoms. The molecule has 0 nitrogen and oxygen atoms in total. The Labute approximate surface area is 414 Å². The number of hydrogen-bond acceptors (Lipinski definition) is 0. The van der Waals surface area contributed by atoms with Crippen LogP contribution in [0.3, 0.4) is 0 Å². The summed E-state index contributed by atoms with van der Waals surface area (Å²) in [7, 11) is 18.4. The fourth-order valence-corrected chi connectivity index (χ4v) is 40.5. The van der Waals surface area contributed by atoms with Crippen LogP contribution >= 0.6 is 17.0 Å². The molecule has 11 rings (SSSR count). The van der Waals surface area contributed by atoms with Crippen molar-refractivity contribution in [2.45, 2.75) is 61.6 Å². The van der Waals surface area contributed by atoms with Crippen LogP contribution in [0.2, 0.25) is 0 Å². The Bertz CT molecular complexity index is 3170. The van der Waals surface area contributed by atoms with Crippen LogP contribution in [0.5, 0.6) is 0 Å². The van der Waals surface area contributed by atoms with Crippen molar-refractivity contribution in [3.8, 4) is 55.6 Å². The molecule has 0 saturated carbocycles. The molecule has 68 heavy (non-hydrogen) atoms. The third kappa shape index (κ3) is 7.40. The molecule has 0 bridgehead atoms. The van der Waals surface area contributed by atoms with Gasteiger partial charge in [-0.25, -0.2) is 0 Å². The Balaban J connectivity index is 1.27. The monoisotopic (exact) mass is 1020 g/mol. The van der Waals surface area contributed by atoms with Crippen LogP contribution in [0.4, 0.5) is 0 Å². The quantitative estimate of drug-likeness (QED) is 0.113. The molecule has 2 atom stereocenters. The summed E-state index contributed by atoms with van der Waals surface area (Å²) in [5.41, 5.74) is 23.1. The predicted octanol–water partition coefficient (Wildman–Crippen LogP) is 16.1. The average molecular weight is 1020 g/mol. The molecule has 4 heteroatoms. The molecule has 1 heterocycles. The van der Waals surface area contributed by atoms with Crippen LogP contribution in [0.1, 0.15) is 81.2 Å². The first kappa shape index (κ1) is 45.4. The van der Waals surface area contributed by atoms with Gasteiger partial charge in [-0.1, -0.05) is 0 Å². The van der Waals surface area contributed by atoms with E-state index in [2.05, 4.69) is 230 Å². The van der Waals surface area contributed by atoms with E-state index in [1.54, 1.807) is 0 Å². The second-order valence-electron chi connectivity index (χ2n) is 20.7. The van der Waals surface area contributed by atoms with Gasteiger partial charge in [-0.15, -0.1) is 0 Å². The third-order valence-electron chi connectivity index (χ3n) is 15.3. The standard InChI is InChI=1S/2C26H25.C12H9Si.2ClH.Zr/c2*1-18(2)15-20-16-22-13-14-24(21-10-5-4-6-11-21)26(25(22)17-20)23-12-8-7-9-19(23)3;1-3-7-11-9(5-1)10-6-2-4-8-12(10)13-11;;;/h2*4-14,16-18H,15H2,1-3H3;1-7H,13H2;2*1H;/q;;;;;+2/p-2. The molecule has 337 valence electrons.